The van der Waals surface area contributed by atoms with Gasteiger partial charge in [0.15, 0.2) is 0 Å². The molecule has 2 aliphatic heterocycles. The summed E-state index contributed by atoms with van der Waals surface area (Å²) >= 11 is 2.01. The van der Waals surface area contributed by atoms with Crippen molar-refractivity contribution >= 4 is 78.0 Å². The SMILES string of the molecule is CC(C)(C)c1ccc2sc3c(c2c1)N(c1ccccc1)c1cccc2c1B3c1cc3c(cc1N2c1ccc2c(c1)C(C)(C)CC2(C)C)C(C)(C)CC3(C)C. The monoisotopic (exact) mass is 724 g/mol. The summed E-state index contributed by atoms with van der Waals surface area (Å²) < 4.78 is 2.81. The van der Waals surface area contributed by atoms with Crippen molar-refractivity contribution < 1.29 is 0 Å². The Kier molecular flexibility index (Phi) is 6.80. The molecule has 10 rings (SSSR count). The van der Waals surface area contributed by atoms with Crippen LogP contribution in [0.4, 0.5) is 34.1 Å². The topological polar surface area (TPSA) is 6.48 Å². The van der Waals surface area contributed by atoms with E-state index < -0.39 is 0 Å². The van der Waals surface area contributed by atoms with Crippen LogP contribution in [0.15, 0.2) is 97.1 Å². The molecule has 0 spiro atoms. The minimum Gasteiger partial charge on any atom is -0.311 e. The summed E-state index contributed by atoms with van der Waals surface area (Å²) in [6.07, 6.45) is 2.31. The molecule has 0 bridgehead atoms. The van der Waals surface area contributed by atoms with Crippen LogP contribution in [0.3, 0.4) is 0 Å². The molecule has 0 unspecified atom stereocenters. The number of thiophene rings is 1. The lowest BCUT2D eigenvalue weighted by molar-refractivity contribution is 0.403. The van der Waals surface area contributed by atoms with Crippen LogP contribution in [0.25, 0.3) is 10.1 Å². The molecule has 272 valence electrons. The highest BCUT2D eigenvalue weighted by Crippen LogP contribution is 2.55. The van der Waals surface area contributed by atoms with Crippen molar-refractivity contribution in [3.63, 3.8) is 0 Å². The Morgan fingerprint density at radius 2 is 1.17 bits per heavy atom. The van der Waals surface area contributed by atoms with Gasteiger partial charge in [0, 0.05) is 43.3 Å². The smallest absolute Gasteiger partial charge is 0.264 e. The molecule has 54 heavy (non-hydrogen) atoms. The van der Waals surface area contributed by atoms with Gasteiger partial charge < -0.3 is 9.80 Å². The molecule has 2 nitrogen and oxygen atoms in total. The van der Waals surface area contributed by atoms with E-state index in [0.717, 1.165) is 12.8 Å². The van der Waals surface area contributed by atoms with Gasteiger partial charge in [-0.3, -0.25) is 0 Å². The normalized spacial score (nSPS) is 19.4. The van der Waals surface area contributed by atoms with E-state index in [0.29, 0.717) is 0 Å². The average molecular weight is 725 g/mol. The van der Waals surface area contributed by atoms with E-state index in [1.54, 1.807) is 0 Å². The van der Waals surface area contributed by atoms with Gasteiger partial charge in [-0.1, -0.05) is 119 Å². The van der Waals surface area contributed by atoms with E-state index in [4.69, 9.17) is 0 Å². The molecule has 5 aromatic carbocycles. The molecule has 3 heterocycles. The van der Waals surface area contributed by atoms with E-state index in [2.05, 4.69) is 183 Å². The Morgan fingerprint density at radius 1 is 0.556 bits per heavy atom. The van der Waals surface area contributed by atoms with Crippen LogP contribution in [-0.4, -0.2) is 6.71 Å². The average Bonchev–Trinajstić information content (AvgIpc) is 3.63. The highest BCUT2D eigenvalue weighted by molar-refractivity contribution is 7.33. The maximum absolute atomic E-state index is 2.66. The van der Waals surface area contributed by atoms with Gasteiger partial charge in [0.1, 0.15) is 0 Å². The van der Waals surface area contributed by atoms with Crippen molar-refractivity contribution in [1.82, 2.24) is 0 Å². The summed E-state index contributed by atoms with van der Waals surface area (Å²) in [6.45, 7) is 26.7. The molecule has 4 aliphatic rings. The molecule has 0 fully saturated rings. The van der Waals surface area contributed by atoms with Gasteiger partial charge >= 0.3 is 0 Å². The summed E-state index contributed by atoms with van der Waals surface area (Å²) in [5.74, 6) is 0. The van der Waals surface area contributed by atoms with Crippen LogP contribution in [0, 0.1) is 0 Å². The standard InChI is InChI=1S/C50H53BN2S/c1-46(2,3)30-20-23-42-33(24-30)44-45(54-42)51-38-26-36-37(50(10,11)29-49(36,8)9)27-41(38)52(32-21-22-34-35(25-32)48(6,7)28-47(34,4)5)39-18-15-19-40(43(39)51)53(44)31-16-13-12-14-17-31/h12-27H,28-29H2,1-11H3. The Hall–Kier alpha value is -4.28. The van der Waals surface area contributed by atoms with Crippen LogP contribution in [-0.2, 0) is 27.1 Å². The van der Waals surface area contributed by atoms with Gasteiger partial charge in [0.25, 0.3) is 6.71 Å². The molecule has 4 heteroatoms. The molecule has 2 aliphatic carbocycles. The highest BCUT2D eigenvalue weighted by atomic mass is 32.1. The number of hydrogen-bond donors (Lipinski definition) is 0. The highest BCUT2D eigenvalue weighted by Gasteiger charge is 2.49. The second-order valence-electron chi connectivity index (χ2n) is 20.5. The molecule has 0 radical (unpaired) electrons. The van der Waals surface area contributed by atoms with Crippen molar-refractivity contribution in [2.24, 2.45) is 0 Å². The minimum atomic E-state index is 0.0524. The summed E-state index contributed by atoms with van der Waals surface area (Å²) in [4.78, 5) is 5.24. The number of hydrogen-bond acceptors (Lipinski definition) is 3. The van der Waals surface area contributed by atoms with Crippen LogP contribution >= 0.6 is 11.3 Å². The third kappa shape index (κ3) is 4.65. The van der Waals surface area contributed by atoms with E-state index in [9.17, 15) is 0 Å². The Morgan fingerprint density at radius 3 is 1.83 bits per heavy atom. The molecule has 0 amide bonds. The second-order valence-corrected chi connectivity index (χ2v) is 21.6. The number of rotatable bonds is 2. The Bertz CT molecular complexity index is 2560. The number of nitrogens with zero attached hydrogens (tertiary/aromatic N) is 2. The second kappa shape index (κ2) is 10.7. The van der Waals surface area contributed by atoms with Crippen LogP contribution in [0.1, 0.15) is 117 Å². The number of anilines is 6. The molecule has 6 aromatic rings. The first kappa shape index (κ1) is 34.2. The summed E-state index contributed by atoms with van der Waals surface area (Å²) in [5, 5.41) is 1.36. The summed E-state index contributed by atoms with van der Waals surface area (Å²) in [5.41, 5.74) is 18.5. The van der Waals surface area contributed by atoms with E-state index >= 15 is 0 Å². The molecule has 0 atom stereocenters. The Labute approximate surface area is 327 Å². The largest absolute Gasteiger partial charge is 0.311 e. The van der Waals surface area contributed by atoms with Crippen LogP contribution < -0.4 is 25.5 Å². The van der Waals surface area contributed by atoms with Gasteiger partial charge in [-0.25, -0.2) is 0 Å². The number of para-hydroxylation sites is 1. The van der Waals surface area contributed by atoms with Crippen molar-refractivity contribution in [3.05, 3.63) is 125 Å². The first-order valence-electron chi connectivity index (χ1n) is 20.1. The quantitative estimate of drug-likeness (QED) is 0.164. The zero-order valence-electron chi connectivity index (χ0n) is 34.0. The van der Waals surface area contributed by atoms with E-state index in [1.807, 2.05) is 11.3 Å². The summed E-state index contributed by atoms with van der Waals surface area (Å²) in [7, 11) is 0. The molecule has 0 saturated heterocycles. The molecular weight excluding hydrogens is 671 g/mol. The first-order chi connectivity index (χ1) is 25.4. The summed E-state index contributed by atoms with van der Waals surface area (Å²) in [6, 6.07) is 38.1. The third-order valence-corrected chi connectivity index (χ3v) is 14.8. The minimum absolute atomic E-state index is 0.0524. The van der Waals surface area contributed by atoms with Gasteiger partial charge in [-0.05, 0) is 133 Å². The van der Waals surface area contributed by atoms with Gasteiger partial charge in [-0.2, -0.15) is 0 Å². The number of fused-ring (bicyclic) bond motifs is 8. The van der Waals surface area contributed by atoms with E-state index in [-0.39, 0.29) is 33.8 Å². The third-order valence-electron chi connectivity index (χ3n) is 13.5. The molecule has 0 saturated carbocycles. The number of benzene rings is 5. The molecular formula is C50H53BN2S. The van der Waals surface area contributed by atoms with Crippen LogP contribution in [0.2, 0.25) is 0 Å². The fourth-order valence-electron chi connectivity index (χ4n) is 11.6. The van der Waals surface area contributed by atoms with Crippen molar-refractivity contribution in [2.45, 2.75) is 116 Å². The maximum Gasteiger partial charge on any atom is 0.264 e. The lowest BCUT2D eigenvalue weighted by Gasteiger charge is -2.44. The first-order valence-corrected chi connectivity index (χ1v) is 20.9. The molecule has 1 aromatic heterocycles. The predicted octanol–water partition coefficient (Wildman–Crippen LogP) is 12.2. The van der Waals surface area contributed by atoms with Crippen molar-refractivity contribution in [3.8, 4) is 0 Å². The Balaban J connectivity index is 1.32. The van der Waals surface area contributed by atoms with Gasteiger partial charge in [0.2, 0.25) is 0 Å². The lowest BCUT2D eigenvalue weighted by atomic mass is 9.36. The zero-order valence-corrected chi connectivity index (χ0v) is 34.8. The fourth-order valence-corrected chi connectivity index (χ4v) is 12.9. The van der Waals surface area contributed by atoms with Crippen molar-refractivity contribution in [2.75, 3.05) is 9.80 Å². The lowest BCUT2D eigenvalue weighted by Crippen LogP contribution is -2.60. The van der Waals surface area contributed by atoms with Crippen molar-refractivity contribution in [1.29, 1.82) is 0 Å². The zero-order chi connectivity index (χ0) is 37.9. The maximum atomic E-state index is 2.66. The predicted molar refractivity (Wildman–Crippen MR) is 236 cm³/mol. The van der Waals surface area contributed by atoms with E-state index in [1.165, 1.54) is 87.7 Å². The van der Waals surface area contributed by atoms with Gasteiger partial charge in [-0.15, -0.1) is 11.3 Å². The fraction of sp³-hybridized carbons (Fsp3) is 0.360. The van der Waals surface area contributed by atoms with Gasteiger partial charge in [0.05, 0.1) is 5.69 Å². The molecule has 0 N–H and O–H groups in total. The van der Waals surface area contributed by atoms with Crippen LogP contribution in [0.5, 0.6) is 0 Å².